The minimum atomic E-state index is -3.46. The summed E-state index contributed by atoms with van der Waals surface area (Å²) < 4.78 is 27.5. The number of nitrogens with two attached hydrogens (primary N) is 1. The fraction of sp³-hybridized carbons (Fsp3) is 0.750. The number of sulfonamides is 1. The first-order chi connectivity index (χ1) is 8.84. The normalized spacial score (nSPS) is 23.5. The second-order valence-corrected chi connectivity index (χ2v) is 8.43. The molecular weight excluding hydrogens is 282 g/mol. The van der Waals surface area contributed by atoms with Gasteiger partial charge >= 0.3 is 0 Å². The molecule has 19 heavy (non-hydrogen) atoms. The SMILES string of the molecule is Cc1nc(C)c(S(=O)(=O)N2CCCCC2C(C)N)s1. The number of nitrogens with zero attached hydrogens (tertiary/aromatic N) is 2. The Morgan fingerprint density at radius 1 is 1.42 bits per heavy atom. The van der Waals surface area contributed by atoms with Crippen LogP contribution in [0.15, 0.2) is 4.21 Å². The number of aryl methyl sites for hydroxylation is 2. The van der Waals surface area contributed by atoms with E-state index in [1.165, 1.54) is 11.3 Å². The summed E-state index contributed by atoms with van der Waals surface area (Å²) in [4.78, 5) is 4.22. The van der Waals surface area contributed by atoms with Gasteiger partial charge in [0.2, 0.25) is 0 Å². The minimum Gasteiger partial charge on any atom is -0.326 e. The Balaban J connectivity index is 2.40. The predicted octanol–water partition coefficient (Wildman–Crippen LogP) is 1.65. The topological polar surface area (TPSA) is 76.3 Å². The third-order valence-corrected chi connectivity index (χ3v) is 7.09. The zero-order valence-corrected chi connectivity index (χ0v) is 13.2. The van der Waals surface area contributed by atoms with Crippen molar-refractivity contribution in [2.24, 2.45) is 5.73 Å². The van der Waals surface area contributed by atoms with E-state index in [9.17, 15) is 8.42 Å². The molecule has 108 valence electrons. The van der Waals surface area contributed by atoms with Crippen molar-refractivity contribution < 1.29 is 8.42 Å². The van der Waals surface area contributed by atoms with E-state index >= 15 is 0 Å². The van der Waals surface area contributed by atoms with Gasteiger partial charge in [-0.3, -0.25) is 0 Å². The predicted molar refractivity (Wildman–Crippen MR) is 76.8 cm³/mol. The molecule has 0 spiro atoms. The first-order valence-electron chi connectivity index (χ1n) is 6.55. The highest BCUT2D eigenvalue weighted by Gasteiger charge is 2.37. The number of hydrogen-bond acceptors (Lipinski definition) is 5. The molecule has 2 N–H and O–H groups in total. The lowest BCUT2D eigenvalue weighted by Crippen LogP contribution is -2.51. The molecule has 0 radical (unpaired) electrons. The summed E-state index contributed by atoms with van der Waals surface area (Å²) in [5.74, 6) is 0. The summed E-state index contributed by atoms with van der Waals surface area (Å²) in [6.45, 7) is 6.02. The van der Waals surface area contributed by atoms with Crippen LogP contribution < -0.4 is 5.73 Å². The minimum absolute atomic E-state index is 0.0967. The Labute approximate surface area is 118 Å². The molecule has 2 rings (SSSR count). The van der Waals surface area contributed by atoms with Crippen LogP contribution in [0.4, 0.5) is 0 Å². The number of hydrogen-bond donors (Lipinski definition) is 1. The van der Waals surface area contributed by atoms with E-state index in [0.717, 1.165) is 24.3 Å². The molecular formula is C12H21N3O2S2. The first-order valence-corrected chi connectivity index (χ1v) is 8.81. The maximum Gasteiger partial charge on any atom is 0.254 e. The molecule has 1 aliphatic heterocycles. The van der Waals surface area contributed by atoms with Crippen LogP contribution in [0.3, 0.4) is 0 Å². The Hall–Kier alpha value is -0.500. The number of aromatic nitrogens is 1. The van der Waals surface area contributed by atoms with E-state index < -0.39 is 10.0 Å². The van der Waals surface area contributed by atoms with Gasteiger partial charge in [-0.2, -0.15) is 4.31 Å². The summed E-state index contributed by atoms with van der Waals surface area (Å²) in [5, 5.41) is 0.783. The van der Waals surface area contributed by atoms with E-state index in [1.54, 1.807) is 11.2 Å². The number of rotatable bonds is 3. The van der Waals surface area contributed by atoms with Gasteiger partial charge in [0, 0.05) is 18.6 Å². The second kappa shape index (κ2) is 5.47. The average molecular weight is 303 g/mol. The highest BCUT2D eigenvalue weighted by Crippen LogP contribution is 2.31. The van der Waals surface area contributed by atoms with Crippen molar-refractivity contribution in [2.45, 2.75) is 56.3 Å². The van der Waals surface area contributed by atoms with Crippen molar-refractivity contribution in [3.63, 3.8) is 0 Å². The van der Waals surface area contributed by atoms with E-state index in [-0.39, 0.29) is 12.1 Å². The van der Waals surface area contributed by atoms with Crippen molar-refractivity contribution in [1.29, 1.82) is 0 Å². The van der Waals surface area contributed by atoms with Crippen LogP contribution in [0.25, 0.3) is 0 Å². The number of thiazole rings is 1. The van der Waals surface area contributed by atoms with Crippen molar-refractivity contribution >= 4 is 21.4 Å². The van der Waals surface area contributed by atoms with Gasteiger partial charge in [-0.05, 0) is 33.6 Å². The van der Waals surface area contributed by atoms with Crippen LogP contribution >= 0.6 is 11.3 Å². The summed E-state index contributed by atoms with van der Waals surface area (Å²) in [7, 11) is -3.46. The van der Waals surface area contributed by atoms with Crippen LogP contribution in [0.2, 0.25) is 0 Å². The van der Waals surface area contributed by atoms with Crippen LogP contribution in [0.1, 0.15) is 36.9 Å². The zero-order valence-electron chi connectivity index (χ0n) is 11.6. The molecule has 1 saturated heterocycles. The fourth-order valence-corrected chi connectivity index (χ4v) is 5.98. The molecule has 1 fully saturated rings. The quantitative estimate of drug-likeness (QED) is 0.921. The van der Waals surface area contributed by atoms with Crippen molar-refractivity contribution in [3.05, 3.63) is 10.7 Å². The summed E-state index contributed by atoms with van der Waals surface area (Å²) in [6.07, 6.45) is 2.78. The second-order valence-electron chi connectivity index (χ2n) is 5.14. The van der Waals surface area contributed by atoms with Crippen LogP contribution in [-0.2, 0) is 10.0 Å². The van der Waals surface area contributed by atoms with E-state index in [4.69, 9.17) is 5.73 Å². The summed E-state index contributed by atoms with van der Waals surface area (Å²) >= 11 is 1.25. The van der Waals surface area contributed by atoms with E-state index in [2.05, 4.69) is 4.98 Å². The monoisotopic (exact) mass is 303 g/mol. The third kappa shape index (κ3) is 2.84. The Bertz CT molecular complexity index is 551. The Morgan fingerprint density at radius 2 is 2.11 bits per heavy atom. The molecule has 2 atom stereocenters. The lowest BCUT2D eigenvalue weighted by atomic mass is 10.00. The molecule has 2 unspecified atom stereocenters. The third-order valence-electron chi connectivity index (χ3n) is 3.51. The van der Waals surface area contributed by atoms with Gasteiger partial charge in [0.15, 0.2) is 4.21 Å². The first kappa shape index (κ1) is 14.9. The van der Waals surface area contributed by atoms with E-state index in [0.29, 0.717) is 16.4 Å². The Kier molecular flexibility index (Phi) is 4.29. The lowest BCUT2D eigenvalue weighted by Gasteiger charge is -2.36. The molecule has 1 aromatic rings. The fourth-order valence-electron chi connectivity index (χ4n) is 2.61. The Morgan fingerprint density at radius 3 is 2.63 bits per heavy atom. The number of piperidine rings is 1. The van der Waals surface area contributed by atoms with Crippen LogP contribution in [0.5, 0.6) is 0 Å². The molecule has 1 aromatic heterocycles. The van der Waals surface area contributed by atoms with Gasteiger partial charge < -0.3 is 5.73 Å². The zero-order chi connectivity index (χ0) is 14.2. The molecule has 0 bridgehead atoms. The largest absolute Gasteiger partial charge is 0.326 e. The molecule has 0 aliphatic carbocycles. The van der Waals surface area contributed by atoms with Crippen LogP contribution in [0, 0.1) is 13.8 Å². The summed E-state index contributed by atoms with van der Waals surface area (Å²) in [5.41, 5.74) is 6.55. The molecule has 0 aromatic carbocycles. The maximum atomic E-state index is 12.8. The van der Waals surface area contributed by atoms with Crippen molar-refractivity contribution in [1.82, 2.24) is 9.29 Å². The van der Waals surface area contributed by atoms with Gasteiger partial charge in [0.1, 0.15) is 0 Å². The molecule has 7 heteroatoms. The van der Waals surface area contributed by atoms with Gasteiger partial charge in [0.25, 0.3) is 10.0 Å². The molecule has 0 saturated carbocycles. The molecule has 5 nitrogen and oxygen atoms in total. The smallest absolute Gasteiger partial charge is 0.254 e. The lowest BCUT2D eigenvalue weighted by molar-refractivity contribution is 0.227. The maximum absolute atomic E-state index is 12.8. The van der Waals surface area contributed by atoms with Gasteiger partial charge in [-0.1, -0.05) is 6.42 Å². The van der Waals surface area contributed by atoms with Crippen molar-refractivity contribution in [2.75, 3.05) is 6.54 Å². The van der Waals surface area contributed by atoms with E-state index in [1.807, 2.05) is 13.8 Å². The molecule has 0 amide bonds. The van der Waals surface area contributed by atoms with Gasteiger partial charge in [-0.25, -0.2) is 13.4 Å². The highest BCUT2D eigenvalue weighted by molar-refractivity contribution is 7.91. The highest BCUT2D eigenvalue weighted by atomic mass is 32.2. The average Bonchev–Trinajstić information content (AvgIpc) is 2.69. The van der Waals surface area contributed by atoms with Crippen molar-refractivity contribution in [3.8, 4) is 0 Å². The van der Waals surface area contributed by atoms with Gasteiger partial charge in [0.05, 0.1) is 10.7 Å². The van der Waals surface area contributed by atoms with Gasteiger partial charge in [-0.15, -0.1) is 11.3 Å². The summed E-state index contributed by atoms with van der Waals surface area (Å²) in [6, 6.07) is -0.245. The standard InChI is InChI=1S/C12H21N3O2S2/c1-8(13)11-6-4-5-7-15(11)19(16,17)12-9(2)14-10(3)18-12/h8,11H,4-7,13H2,1-3H3. The molecule has 2 heterocycles. The van der Waals surface area contributed by atoms with Crippen LogP contribution in [-0.4, -0.2) is 36.3 Å². The molecule has 1 aliphatic rings.